The average molecular weight is 369 g/mol. The van der Waals surface area contributed by atoms with Crippen molar-refractivity contribution in [3.8, 4) is 11.5 Å². The molecule has 1 aliphatic rings. The fourth-order valence-electron chi connectivity index (χ4n) is 2.70. The number of anilines is 1. The quantitative estimate of drug-likeness (QED) is 0.564. The summed E-state index contributed by atoms with van der Waals surface area (Å²) in [7, 11) is -1.28. The molecule has 0 saturated carbocycles. The normalized spacial score (nSPS) is 19.5. The number of guanidine groups is 1. The van der Waals surface area contributed by atoms with E-state index in [0.29, 0.717) is 43.6 Å². The topological polar surface area (TPSA) is 89.0 Å². The van der Waals surface area contributed by atoms with Crippen LogP contribution in [0.4, 0.5) is 5.69 Å². The number of sulfone groups is 1. The first-order chi connectivity index (χ1) is 12.0. The largest absolute Gasteiger partial charge is 0.493 e. The summed E-state index contributed by atoms with van der Waals surface area (Å²) in [5.41, 5.74) is 0.819. The zero-order valence-electron chi connectivity index (χ0n) is 15.0. The summed E-state index contributed by atoms with van der Waals surface area (Å²) in [6.45, 7) is 5.67. The van der Waals surface area contributed by atoms with E-state index >= 15 is 0 Å². The first-order valence-electron chi connectivity index (χ1n) is 8.54. The predicted molar refractivity (Wildman–Crippen MR) is 101 cm³/mol. The van der Waals surface area contributed by atoms with Gasteiger partial charge in [-0.2, -0.15) is 0 Å². The lowest BCUT2D eigenvalue weighted by Gasteiger charge is -2.15. The Morgan fingerprint density at radius 3 is 2.72 bits per heavy atom. The molecule has 0 aliphatic carbocycles. The molecule has 8 heteroatoms. The standard InChI is InChI=1S/C17H27N3O4S/c1-4-18-17(19-11-13-8-9-25(21,22)12-13)20-14-6-7-15(24-5-2)16(10-14)23-3/h6-7,10,13H,4-5,8-9,11-12H2,1-3H3,(H2,18,19,20). The van der Waals surface area contributed by atoms with Gasteiger partial charge in [0.2, 0.25) is 0 Å². The number of ether oxygens (including phenoxy) is 2. The van der Waals surface area contributed by atoms with E-state index in [2.05, 4.69) is 15.6 Å². The maximum atomic E-state index is 11.6. The zero-order valence-corrected chi connectivity index (χ0v) is 15.9. The highest BCUT2D eigenvalue weighted by Crippen LogP contribution is 2.30. The number of aliphatic imine (C=N–C) groups is 1. The van der Waals surface area contributed by atoms with Gasteiger partial charge in [0.15, 0.2) is 27.3 Å². The number of hydrogen-bond donors (Lipinski definition) is 2. The molecule has 2 N–H and O–H groups in total. The van der Waals surface area contributed by atoms with Crippen LogP contribution in [0.1, 0.15) is 20.3 Å². The Labute approximate surface area is 149 Å². The van der Waals surface area contributed by atoms with Gasteiger partial charge in [0, 0.05) is 24.8 Å². The van der Waals surface area contributed by atoms with Gasteiger partial charge in [-0.1, -0.05) is 0 Å². The molecular formula is C17H27N3O4S. The third kappa shape index (κ3) is 5.81. The van der Waals surface area contributed by atoms with Crippen molar-refractivity contribution in [1.82, 2.24) is 5.32 Å². The van der Waals surface area contributed by atoms with Gasteiger partial charge in [-0.25, -0.2) is 8.42 Å². The average Bonchev–Trinajstić information content (AvgIpc) is 2.93. The SMILES string of the molecule is CCNC(=NCC1CCS(=O)(=O)C1)Nc1ccc(OCC)c(OC)c1. The minimum atomic E-state index is -2.87. The van der Waals surface area contributed by atoms with Crippen LogP contribution in [0.2, 0.25) is 0 Å². The second kappa shape index (κ2) is 8.94. The van der Waals surface area contributed by atoms with Gasteiger partial charge < -0.3 is 20.1 Å². The molecule has 1 aliphatic heterocycles. The molecule has 1 aromatic carbocycles. The van der Waals surface area contributed by atoms with Crippen molar-refractivity contribution in [1.29, 1.82) is 0 Å². The maximum Gasteiger partial charge on any atom is 0.195 e. The van der Waals surface area contributed by atoms with E-state index in [1.807, 2.05) is 32.0 Å². The van der Waals surface area contributed by atoms with Crippen LogP contribution in [-0.4, -0.2) is 52.7 Å². The molecule has 0 bridgehead atoms. The fourth-order valence-corrected chi connectivity index (χ4v) is 4.55. The van der Waals surface area contributed by atoms with E-state index < -0.39 is 9.84 Å². The molecule has 0 aromatic heterocycles. The summed E-state index contributed by atoms with van der Waals surface area (Å²) in [5, 5.41) is 6.39. The van der Waals surface area contributed by atoms with Gasteiger partial charge in [0.25, 0.3) is 0 Å². The van der Waals surface area contributed by atoms with Gasteiger partial charge >= 0.3 is 0 Å². The van der Waals surface area contributed by atoms with Crippen LogP contribution < -0.4 is 20.1 Å². The Bertz CT molecular complexity index is 704. The highest BCUT2D eigenvalue weighted by atomic mass is 32.2. The number of rotatable bonds is 7. The van der Waals surface area contributed by atoms with Crippen molar-refractivity contribution in [2.75, 3.05) is 43.6 Å². The number of hydrogen-bond acceptors (Lipinski definition) is 5. The van der Waals surface area contributed by atoms with Crippen molar-refractivity contribution in [3.05, 3.63) is 18.2 Å². The molecule has 0 spiro atoms. The molecule has 1 atom stereocenters. The highest BCUT2D eigenvalue weighted by molar-refractivity contribution is 7.91. The lowest BCUT2D eigenvalue weighted by Crippen LogP contribution is -2.31. The molecule has 1 fully saturated rings. The van der Waals surface area contributed by atoms with Gasteiger partial charge in [-0.05, 0) is 38.3 Å². The first-order valence-corrected chi connectivity index (χ1v) is 10.4. The zero-order chi connectivity index (χ0) is 18.3. The van der Waals surface area contributed by atoms with Crippen molar-refractivity contribution in [2.24, 2.45) is 10.9 Å². The molecule has 0 amide bonds. The van der Waals surface area contributed by atoms with Crippen LogP contribution in [0.15, 0.2) is 23.2 Å². The summed E-state index contributed by atoms with van der Waals surface area (Å²) >= 11 is 0. The van der Waals surface area contributed by atoms with Crippen molar-refractivity contribution < 1.29 is 17.9 Å². The number of benzene rings is 1. The van der Waals surface area contributed by atoms with Crippen LogP contribution >= 0.6 is 0 Å². The molecule has 2 rings (SSSR count). The van der Waals surface area contributed by atoms with Crippen molar-refractivity contribution in [2.45, 2.75) is 20.3 Å². The molecule has 1 aromatic rings. The van der Waals surface area contributed by atoms with Crippen LogP contribution in [0, 0.1) is 5.92 Å². The Balaban J connectivity index is 2.06. The van der Waals surface area contributed by atoms with E-state index in [0.717, 1.165) is 5.69 Å². The van der Waals surface area contributed by atoms with Crippen molar-refractivity contribution in [3.63, 3.8) is 0 Å². The number of methoxy groups -OCH3 is 1. The number of nitrogens with zero attached hydrogens (tertiary/aromatic N) is 1. The second-order valence-corrected chi connectivity index (χ2v) is 8.14. The summed E-state index contributed by atoms with van der Waals surface area (Å²) in [6, 6.07) is 5.58. The van der Waals surface area contributed by atoms with Crippen LogP contribution in [0.5, 0.6) is 11.5 Å². The third-order valence-electron chi connectivity index (χ3n) is 3.90. The van der Waals surface area contributed by atoms with Crippen molar-refractivity contribution >= 4 is 21.5 Å². The Morgan fingerprint density at radius 2 is 2.12 bits per heavy atom. The summed E-state index contributed by atoms with van der Waals surface area (Å²) in [5.74, 6) is 2.55. The van der Waals surface area contributed by atoms with Gasteiger partial charge in [0.1, 0.15) is 0 Å². The smallest absolute Gasteiger partial charge is 0.195 e. The molecule has 0 radical (unpaired) electrons. The van der Waals surface area contributed by atoms with Gasteiger partial charge in [-0.15, -0.1) is 0 Å². The predicted octanol–water partition coefficient (Wildman–Crippen LogP) is 1.91. The molecule has 1 saturated heterocycles. The second-order valence-electron chi connectivity index (χ2n) is 5.91. The Morgan fingerprint density at radius 1 is 1.32 bits per heavy atom. The monoisotopic (exact) mass is 369 g/mol. The lowest BCUT2D eigenvalue weighted by atomic mass is 10.1. The summed E-state index contributed by atoms with van der Waals surface area (Å²) in [6.07, 6.45) is 0.683. The van der Waals surface area contributed by atoms with Crippen LogP contribution in [0.25, 0.3) is 0 Å². The van der Waals surface area contributed by atoms with Gasteiger partial charge in [0.05, 0.1) is 25.2 Å². The summed E-state index contributed by atoms with van der Waals surface area (Å²) in [4.78, 5) is 4.53. The molecule has 25 heavy (non-hydrogen) atoms. The molecule has 1 heterocycles. The molecule has 7 nitrogen and oxygen atoms in total. The minimum Gasteiger partial charge on any atom is -0.493 e. The van der Waals surface area contributed by atoms with E-state index in [1.54, 1.807) is 7.11 Å². The van der Waals surface area contributed by atoms with Crippen LogP contribution in [0.3, 0.4) is 0 Å². The maximum absolute atomic E-state index is 11.6. The van der Waals surface area contributed by atoms with E-state index in [-0.39, 0.29) is 17.4 Å². The van der Waals surface area contributed by atoms with Crippen LogP contribution in [-0.2, 0) is 9.84 Å². The summed E-state index contributed by atoms with van der Waals surface area (Å²) < 4.78 is 34.0. The molecule has 1 unspecified atom stereocenters. The van der Waals surface area contributed by atoms with Gasteiger partial charge in [-0.3, -0.25) is 4.99 Å². The van der Waals surface area contributed by atoms with E-state index in [1.165, 1.54) is 0 Å². The number of nitrogens with one attached hydrogen (secondary N) is 2. The fraction of sp³-hybridized carbons (Fsp3) is 0.588. The highest BCUT2D eigenvalue weighted by Gasteiger charge is 2.27. The molecular weight excluding hydrogens is 342 g/mol. The Kier molecular flexibility index (Phi) is 6.92. The third-order valence-corrected chi connectivity index (χ3v) is 5.74. The lowest BCUT2D eigenvalue weighted by molar-refractivity contribution is 0.311. The Hall–Kier alpha value is -1.96. The van der Waals surface area contributed by atoms with E-state index in [9.17, 15) is 8.42 Å². The first kappa shape index (κ1) is 19.4. The van der Waals surface area contributed by atoms with E-state index in [4.69, 9.17) is 9.47 Å². The molecule has 140 valence electrons. The minimum absolute atomic E-state index is 0.0929.